The Morgan fingerprint density at radius 2 is 1.59 bits per heavy atom. The van der Waals surface area contributed by atoms with Crippen LogP contribution in [-0.2, 0) is 10.0 Å². The van der Waals surface area contributed by atoms with Crippen LogP contribution in [0.15, 0.2) is 76.1 Å². The molecule has 3 aromatic rings. The summed E-state index contributed by atoms with van der Waals surface area (Å²) in [7, 11) is -3.93. The predicted molar refractivity (Wildman–Crippen MR) is 150 cm³/mol. The lowest BCUT2D eigenvalue weighted by Crippen LogP contribution is -2.40. The second-order valence-corrected chi connectivity index (χ2v) is 12.5. The van der Waals surface area contributed by atoms with Crippen molar-refractivity contribution < 1.29 is 18.0 Å². The zero-order chi connectivity index (χ0) is 26.7. The van der Waals surface area contributed by atoms with Crippen LogP contribution in [0.25, 0.3) is 0 Å². The molecular weight excluding hydrogens is 576 g/mol. The third kappa shape index (κ3) is 6.43. The molecule has 4 rings (SSSR count). The molecule has 1 fully saturated rings. The average molecular weight is 604 g/mol. The van der Waals surface area contributed by atoms with Crippen molar-refractivity contribution in [3.63, 3.8) is 0 Å². The molecule has 0 unspecified atom stereocenters. The van der Waals surface area contributed by atoms with Crippen molar-refractivity contribution in [3.05, 3.63) is 92.9 Å². The van der Waals surface area contributed by atoms with E-state index < -0.39 is 10.0 Å². The van der Waals surface area contributed by atoms with Gasteiger partial charge in [0.2, 0.25) is 0 Å². The largest absolute Gasteiger partial charge is 0.339 e. The zero-order valence-corrected chi connectivity index (χ0v) is 23.7. The number of nitrogens with zero attached hydrogens (tertiary/aromatic N) is 1. The van der Waals surface area contributed by atoms with E-state index >= 15 is 0 Å². The van der Waals surface area contributed by atoms with Gasteiger partial charge in [0.05, 0.1) is 15.5 Å². The number of hydrogen-bond donors (Lipinski definition) is 1. The molecule has 194 valence electrons. The van der Waals surface area contributed by atoms with Gasteiger partial charge in [0.15, 0.2) is 5.78 Å². The van der Waals surface area contributed by atoms with Gasteiger partial charge >= 0.3 is 0 Å². The van der Waals surface area contributed by atoms with Crippen molar-refractivity contribution in [1.82, 2.24) is 4.90 Å². The molecule has 0 spiro atoms. The quantitative estimate of drug-likeness (QED) is 0.303. The lowest BCUT2D eigenvalue weighted by molar-refractivity contribution is 0.0650. The molecule has 1 aliphatic heterocycles. The minimum atomic E-state index is -3.93. The molecular formula is C28H28BrClN2O4S. The number of sulfonamides is 1. The van der Waals surface area contributed by atoms with E-state index in [4.69, 9.17) is 11.6 Å². The Labute approximate surface area is 231 Å². The number of piperidine rings is 1. The number of rotatable bonds is 7. The third-order valence-corrected chi connectivity index (χ3v) is 8.83. The Bertz CT molecular complexity index is 1400. The summed E-state index contributed by atoms with van der Waals surface area (Å²) in [5.41, 5.74) is 2.39. The summed E-state index contributed by atoms with van der Waals surface area (Å²) in [5, 5.41) is 0.177. The van der Waals surface area contributed by atoms with E-state index in [0.29, 0.717) is 43.1 Å². The number of ketones is 1. The van der Waals surface area contributed by atoms with Crippen LogP contribution in [0.5, 0.6) is 0 Å². The first-order valence-electron chi connectivity index (χ1n) is 12.1. The fourth-order valence-corrected chi connectivity index (χ4v) is 5.90. The van der Waals surface area contributed by atoms with Gasteiger partial charge in [-0.2, -0.15) is 0 Å². The van der Waals surface area contributed by atoms with Crippen LogP contribution >= 0.6 is 27.5 Å². The second-order valence-electron chi connectivity index (χ2n) is 9.46. The molecule has 0 atom stereocenters. The topological polar surface area (TPSA) is 83.6 Å². The van der Waals surface area contributed by atoms with Crippen LogP contribution < -0.4 is 4.72 Å². The summed E-state index contributed by atoms with van der Waals surface area (Å²) in [6.07, 6.45) is 1.08. The number of Topliss-reactive ketones (excluding diaryl/α,β-unsaturated/α-hetero) is 1. The van der Waals surface area contributed by atoms with Crippen molar-refractivity contribution in [2.75, 3.05) is 17.8 Å². The highest BCUT2D eigenvalue weighted by molar-refractivity contribution is 9.10. The average Bonchev–Trinajstić information content (AvgIpc) is 2.89. The lowest BCUT2D eigenvalue weighted by atomic mass is 9.88. The van der Waals surface area contributed by atoms with Crippen LogP contribution in [0.1, 0.15) is 58.9 Å². The molecule has 1 amide bonds. The fraction of sp³-hybridized carbons (Fsp3) is 0.286. The second kappa shape index (κ2) is 11.4. The van der Waals surface area contributed by atoms with Gasteiger partial charge in [-0.05, 0) is 66.8 Å². The molecule has 0 saturated carbocycles. The molecule has 0 bridgehead atoms. The predicted octanol–water partition coefficient (Wildman–Crippen LogP) is 6.76. The molecule has 1 heterocycles. The molecule has 37 heavy (non-hydrogen) atoms. The Kier molecular flexibility index (Phi) is 8.41. The maximum absolute atomic E-state index is 13.3. The standard InChI is InChI=1S/C28H28BrClN2O4S/c1-18(2)19-3-5-20(6-4-19)27(33)21-13-15-32(16-14-21)28(34)25-17-24(11-12-26(25)30)37(35,36)31-23-9-7-22(29)8-10-23/h3-12,17-18,21,31H,13-16H2,1-2H3. The number of benzene rings is 3. The molecule has 1 saturated heterocycles. The summed E-state index contributed by atoms with van der Waals surface area (Å²) >= 11 is 9.63. The van der Waals surface area contributed by atoms with E-state index in [-0.39, 0.29) is 33.1 Å². The van der Waals surface area contributed by atoms with E-state index in [1.165, 1.54) is 23.8 Å². The monoisotopic (exact) mass is 602 g/mol. The van der Waals surface area contributed by atoms with E-state index in [2.05, 4.69) is 34.5 Å². The number of amides is 1. The highest BCUT2D eigenvalue weighted by Gasteiger charge is 2.30. The fourth-order valence-electron chi connectivity index (χ4n) is 4.35. The minimum absolute atomic E-state index is 0.0573. The van der Waals surface area contributed by atoms with E-state index in [1.54, 1.807) is 29.2 Å². The molecule has 0 aliphatic carbocycles. The van der Waals surface area contributed by atoms with Gasteiger partial charge in [-0.3, -0.25) is 14.3 Å². The molecule has 9 heteroatoms. The first-order chi connectivity index (χ1) is 17.5. The highest BCUT2D eigenvalue weighted by atomic mass is 79.9. The molecule has 1 N–H and O–H groups in total. The Hall–Kier alpha value is -2.68. The molecule has 0 radical (unpaired) electrons. The van der Waals surface area contributed by atoms with Gasteiger partial charge in [-0.1, -0.05) is 65.6 Å². The van der Waals surface area contributed by atoms with Crippen LogP contribution in [0.2, 0.25) is 5.02 Å². The number of hydrogen-bond acceptors (Lipinski definition) is 4. The summed E-state index contributed by atoms with van der Waals surface area (Å²) in [4.78, 5) is 27.9. The number of likely N-dealkylation sites (tertiary alicyclic amines) is 1. The third-order valence-electron chi connectivity index (χ3n) is 6.59. The number of carbonyl (C=O) groups is 2. The SMILES string of the molecule is CC(C)c1ccc(C(=O)C2CCN(C(=O)c3cc(S(=O)(=O)Nc4ccc(Br)cc4)ccc3Cl)CC2)cc1. The molecule has 1 aliphatic rings. The normalized spacial score (nSPS) is 14.6. The van der Waals surface area contributed by atoms with Gasteiger partial charge < -0.3 is 4.90 Å². The molecule has 6 nitrogen and oxygen atoms in total. The lowest BCUT2D eigenvalue weighted by Gasteiger charge is -2.31. The van der Waals surface area contributed by atoms with Crippen molar-refractivity contribution in [3.8, 4) is 0 Å². The van der Waals surface area contributed by atoms with E-state index in [9.17, 15) is 18.0 Å². The minimum Gasteiger partial charge on any atom is -0.339 e. The first-order valence-corrected chi connectivity index (χ1v) is 14.7. The van der Waals surface area contributed by atoms with Gasteiger partial charge in [-0.15, -0.1) is 0 Å². The summed E-state index contributed by atoms with van der Waals surface area (Å²) in [5.74, 6) is -0.0214. The van der Waals surface area contributed by atoms with Crippen LogP contribution in [0, 0.1) is 5.92 Å². The number of carbonyl (C=O) groups excluding carboxylic acids is 2. The van der Waals surface area contributed by atoms with Gasteiger partial charge in [0, 0.05) is 34.7 Å². The van der Waals surface area contributed by atoms with Crippen molar-refractivity contribution in [2.45, 2.75) is 37.5 Å². The Morgan fingerprint density at radius 1 is 0.973 bits per heavy atom. The number of nitrogens with one attached hydrogen (secondary N) is 1. The molecule has 3 aromatic carbocycles. The highest BCUT2D eigenvalue weighted by Crippen LogP contribution is 2.28. The van der Waals surface area contributed by atoms with E-state index in [1.807, 2.05) is 24.3 Å². The van der Waals surface area contributed by atoms with Crippen LogP contribution in [0.3, 0.4) is 0 Å². The van der Waals surface area contributed by atoms with Crippen molar-refractivity contribution in [1.29, 1.82) is 0 Å². The summed E-state index contributed by atoms with van der Waals surface area (Å²) in [6.45, 7) is 5.01. The maximum atomic E-state index is 13.3. The summed E-state index contributed by atoms with van der Waals surface area (Å²) < 4.78 is 29.2. The Morgan fingerprint density at radius 3 is 2.19 bits per heavy atom. The van der Waals surface area contributed by atoms with Gasteiger partial charge in [0.1, 0.15) is 0 Å². The zero-order valence-electron chi connectivity index (χ0n) is 20.6. The van der Waals surface area contributed by atoms with E-state index in [0.717, 1.165) is 4.47 Å². The maximum Gasteiger partial charge on any atom is 0.261 e. The number of anilines is 1. The van der Waals surface area contributed by atoms with Crippen LogP contribution in [0.4, 0.5) is 5.69 Å². The summed E-state index contributed by atoms with van der Waals surface area (Å²) in [6, 6.07) is 18.6. The Balaban J connectivity index is 1.44. The van der Waals surface area contributed by atoms with Crippen LogP contribution in [-0.4, -0.2) is 38.1 Å². The first kappa shape index (κ1) is 27.4. The molecule has 0 aromatic heterocycles. The smallest absolute Gasteiger partial charge is 0.261 e. The van der Waals surface area contributed by atoms with Gasteiger partial charge in [-0.25, -0.2) is 8.42 Å². The number of halogens is 2. The van der Waals surface area contributed by atoms with Gasteiger partial charge in [0.25, 0.3) is 15.9 Å². The van der Waals surface area contributed by atoms with Crippen molar-refractivity contribution in [2.24, 2.45) is 5.92 Å². The van der Waals surface area contributed by atoms with Crippen molar-refractivity contribution >= 4 is 54.9 Å².